The first-order chi connectivity index (χ1) is 20.3. The van der Waals surface area contributed by atoms with Crippen molar-refractivity contribution in [2.45, 2.75) is 6.92 Å². The molecule has 0 unspecified atom stereocenters. The Balaban J connectivity index is 1.43. The quantitative estimate of drug-likeness (QED) is 0.116. The van der Waals surface area contributed by atoms with Gasteiger partial charge in [-0.2, -0.15) is 5.10 Å². The zero-order valence-corrected chi connectivity index (χ0v) is 23.5. The number of amides is 2. The van der Waals surface area contributed by atoms with Crippen molar-refractivity contribution in [1.29, 1.82) is 0 Å². The van der Waals surface area contributed by atoms with Gasteiger partial charge >= 0.3 is 5.97 Å². The summed E-state index contributed by atoms with van der Waals surface area (Å²) in [7, 11) is 4.36. The lowest BCUT2D eigenvalue weighted by Crippen LogP contribution is -2.18. The second-order valence-corrected chi connectivity index (χ2v) is 8.94. The maximum absolute atomic E-state index is 13.0. The molecule has 2 N–H and O–H groups in total. The Hall–Kier alpha value is -5.64. The van der Waals surface area contributed by atoms with Crippen LogP contribution in [0.5, 0.6) is 23.0 Å². The number of ether oxygens (including phenoxy) is 4. The van der Waals surface area contributed by atoms with E-state index in [2.05, 4.69) is 15.8 Å². The SMILES string of the molecule is COc1cc(C(=O)Oc2ccccc2C=NNC(=O)c2cccc(NC(=O)c3ccc(C)cc3)c2)cc(OC)c1OC. The molecule has 0 radical (unpaired) electrons. The van der Waals surface area contributed by atoms with E-state index in [1.807, 2.05) is 19.1 Å². The van der Waals surface area contributed by atoms with Crippen molar-refractivity contribution in [3.05, 3.63) is 113 Å². The van der Waals surface area contributed by atoms with Gasteiger partial charge in [-0.15, -0.1) is 0 Å². The van der Waals surface area contributed by atoms with Crippen LogP contribution >= 0.6 is 0 Å². The first-order valence-corrected chi connectivity index (χ1v) is 12.8. The van der Waals surface area contributed by atoms with Gasteiger partial charge in [0, 0.05) is 22.4 Å². The van der Waals surface area contributed by atoms with Gasteiger partial charge in [0.05, 0.1) is 33.1 Å². The highest BCUT2D eigenvalue weighted by Gasteiger charge is 2.19. The van der Waals surface area contributed by atoms with Gasteiger partial charge < -0.3 is 24.3 Å². The van der Waals surface area contributed by atoms with Crippen LogP contribution in [-0.4, -0.2) is 45.3 Å². The fourth-order valence-electron chi connectivity index (χ4n) is 3.91. The second-order valence-electron chi connectivity index (χ2n) is 8.94. The van der Waals surface area contributed by atoms with E-state index in [1.165, 1.54) is 39.7 Å². The number of carbonyl (C=O) groups excluding carboxylic acids is 3. The van der Waals surface area contributed by atoms with E-state index in [1.54, 1.807) is 60.7 Å². The van der Waals surface area contributed by atoms with E-state index in [0.717, 1.165) is 5.56 Å². The highest BCUT2D eigenvalue weighted by Crippen LogP contribution is 2.38. The maximum Gasteiger partial charge on any atom is 0.343 e. The van der Waals surface area contributed by atoms with Crippen LogP contribution in [0.25, 0.3) is 0 Å². The molecule has 0 saturated heterocycles. The van der Waals surface area contributed by atoms with E-state index in [9.17, 15) is 14.4 Å². The topological polar surface area (TPSA) is 125 Å². The summed E-state index contributed by atoms with van der Waals surface area (Å²) in [5, 5.41) is 6.81. The molecule has 0 aromatic heterocycles. The van der Waals surface area contributed by atoms with Crippen molar-refractivity contribution in [2.75, 3.05) is 26.6 Å². The summed E-state index contributed by atoms with van der Waals surface area (Å²) in [4.78, 5) is 38.2. The molecule has 0 heterocycles. The molecule has 0 spiro atoms. The number of nitrogens with zero attached hydrogens (tertiary/aromatic N) is 1. The number of nitrogens with one attached hydrogen (secondary N) is 2. The van der Waals surface area contributed by atoms with Crippen molar-refractivity contribution in [3.8, 4) is 23.0 Å². The van der Waals surface area contributed by atoms with Crippen LogP contribution in [0.2, 0.25) is 0 Å². The van der Waals surface area contributed by atoms with Crippen LogP contribution in [0.3, 0.4) is 0 Å². The first-order valence-electron chi connectivity index (χ1n) is 12.8. The Morgan fingerprint density at radius 2 is 1.38 bits per heavy atom. The van der Waals surface area contributed by atoms with Crippen molar-refractivity contribution in [1.82, 2.24) is 5.43 Å². The lowest BCUT2D eigenvalue weighted by atomic mass is 10.1. The second kappa shape index (κ2) is 13.6. The van der Waals surface area contributed by atoms with Crippen molar-refractivity contribution in [2.24, 2.45) is 5.10 Å². The number of esters is 1. The van der Waals surface area contributed by atoms with Gasteiger partial charge in [-0.25, -0.2) is 10.2 Å². The molecule has 0 bridgehead atoms. The fraction of sp³-hybridized carbons (Fsp3) is 0.125. The van der Waals surface area contributed by atoms with E-state index in [4.69, 9.17) is 18.9 Å². The number of benzene rings is 4. The summed E-state index contributed by atoms with van der Waals surface area (Å²) in [6.45, 7) is 1.94. The largest absolute Gasteiger partial charge is 0.493 e. The lowest BCUT2D eigenvalue weighted by molar-refractivity contribution is 0.0733. The average molecular weight is 568 g/mol. The van der Waals surface area contributed by atoms with Crippen LogP contribution in [-0.2, 0) is 0 Å². The van der Waals surface area contributed by atoms with Crippen molar-refractivity contribution in [3.63, 3.8) is 0 Å². The lowest BCUT2D eigenvalue weighted by Gasteiger charge is -2.14. The smallest absolute Gasteiger partial charge is 0.343 e. The zero-order chi connectivity index (χ0) is 30.1. The molecule has 42 heavy (non-hydrogen) atoms. The third kappa shape index (κ3) is 7.11. The molecule has 0 saturated carbocycles. The number of rotatable bonds is 10. The Labute approximate surface area is 242 Å². The summed E-state index contributed by atoms with van der Waals surface area (Å²) < 4.78 is 21.5. The number of para-hydroxylation sites is 1. The minimum Gasteiger partial charge on any atom is -0.493 e. The van der Waals surface area contributed by atoms with Gasteiger partial charge in [0.1, 0.15) is 5.75 Å². The van der Waals surface area contributed by atoms with Gasteiger partial charge in [-0.05, 0) is 61.5 Å². The molecule has 10 nitrogen and oxygen atoms in total. The predicted octanol–water partition coefficient (Wildman–Crippen LogP) is 5.26. The van der Waals surface area contributed by atoms with E-state index >= 15 is 0 Å². The standard InChI is InChI=1S/C32H29N3O7/c1-20-12-14-21(15-13-20)30(36)34-25-10-7-9-22(16-25)31(37)35-33-19-23-8-5-6-11-26(23)42-32(38)24-17-27(39-2)29(41-4)28(18-24)40-3/h5-19H,1-4H3,(H,34,36)(H,35,37). The van der Waals surface area contributed by atoms with Gasteiger partial charge in [0.15, 0.2) is 11.5 Å². The molecule has 0 aliphatic heterocycles. The fourth-order valence-corrected chi connectivity index (χ4v) is 3.91. The molecule has 4 aromatic rings. The van der Waals surface area contributed by atoms with Crippen LogP contribution in [0.4, 0.5) is 5.69 Å². The van der Waals surface area contributed by atoms with E-state index in [0.29, 0.717) is 34.1 Å². The normalized spacial score (nSPS) is 10.6. The highest BCUT2D eigenvalue weighted by atomic mass is 16.5. The molecule has 0 aliphatic rings. The Bertz CT molecular complexity index is 1610. The highest BCUT2D eigenvalue weighted by molar-refractivity contribution is 6.05. The van der Waals surface area contributed by atoms with Crippen LogP contribution in [0.15, 0.2) is 90.0 Å². The van der Waals surface area contributed by atoms with Crippen LogP contribution < -0.4 is 29.7 Å². The van der Waals surface area contributed by atoms with Gasteiger partial charge in [-0.3, -0.25) is 9.59 Å². The molecular formula is C32H29N3O7. The Morgan fingerprint density at radius 1 is 0.690 bits per heavy atom. The Morgan fingerprint density at radius 3 is 2.05 bits per heavy atom. The van der Waals surface area contributed by atoms with E-state index < -0.39 is 11.9 Å². The predicted molar refractivity (Wildman–Crippen MR) is 158 cm³/mol. The molecule has 4 rings (SSSR count). The molecule has 214 valence electrons. The molecule has 4 aromatic carbocycles. The number of carbonyl (C=O) groups is 3. The van der Waals surface area contributed by atoms with Gasteiger partial charge in [0.2, 0.25) is 5.75 Å². The summed E-state index contributed by atoms with van der Waals surface area (Å²) in [5.41, 5.74) is 5.37. The van der Waals surface area contributed by atoms with Crippen LogP contribution in [0, 0.1) is 6.92 Å². The summed E-state index contributed by atoms with van der Waals surface area (Å²) in [5.74, 6) is -0.272. The monoisotopic (exact) mass is 567 g/mol. The van der Waals surface area contributed by atoms with Crippen molar-refractivity contribution < 1.29 is 33.3 Å². The maximum atomic E-state index is 13.0. The minimum absolute atomic E-state index is 0.180. The molecule has 0 fully saturated rings. The number of hydrogen-bond donors (Lipinski definition) is 2. The number of hydrazone groups is 1. The summed E-state index contributed by atoms with van der Waals surface area (Å²) >= 11 is 0. The third-order valence-corrected chi connectivity index (χ3v) is 6.09. The zero-order valence-electron chi connectivity index (χ0n) is 23.5. The molecular weight excluding hydrogens is 538 g/mol. The Kier molecular flexibility index (Phi) is 9.52. The van der Waals surface area contributed by atoms with E-state index in [-0.39, 0.29) is 22.8 Å². The summed E-state index contributed by atoms with van der Waals surface area (Å²) in [6.07, 6.45) is 1.36. The number of methoxy groups -OCH3 is 3. The number of aryl methyl sites for hydroxylation is 1. The molecule has 0 atom stereocenters. The molecule has 10 heteroatoms. The first kappa shape index (κ1) is 29.3. The van der Waals surface area contributed by atoms with Crippen LogP contribution in [0.1, 0.15) is 42.2 Å². The summed E-state index contributed by atoms with van der Waals surface area (Å²) in [6, 6.07) is 23.3. The average Bonchev–Trinajstić information content (AvgIpc) is 3.01. The van der Waals surface area contributed by atoms with Crippen molar-refractivity contribution >= 4 is 29.7 Å². The minimum atomic E-state index is -0.663. The van der Waals surface area contributed by atoms with Gasteiger partial charge in [-0.1, -0.05) is 35.9 Å². The number of hydrogen-bond acceptors (Lipinski definition) is 8. The molecule has 0 aliphatic carbocycles. The number of anilines is 1. The van der Waals surface area contributed by atoms with Gasteiger partial charge in [0.25, 0.3) is 11.8 Å². The molecule has 2 amide bonds. The third-order valence-electron chi connectivity index (χ3n) is 6.09.